The molecule has 0 atom stereocenters. The highest BCUT2D eigenvalue weighted by Crippen LogP contribution is 2.28. The Morgan fingerprint density at radius 3 is 2.88 bits per heavy atom. The van der Waals surface area contributed by atoms with Crippen LogP contribution in [0.4, 0.5) is 0 Å². The molecule has 3 rings (SSSR count). The van der Waals surface area contributed by atoms with Crippen LogP contribution in [0.25, 0.3) is 11.5 Å². The van der Waals surface area contributed by atoms with Gasteiger partial charge in [-0.1, -0.05) is 11.6 Å². The molecule has 0 N–H and O–H groups in total. The van der Waals surface area contributed by atoms with E-state index in [0.29, 0.717) is 16.8 Å². The minimum atomic E-state index is 0.568. The molecule has 2 aromatic rings. The minimum absolute atomic E-state index is 0.568. The van der Waals surface area contributed by atoms with Crippen molar-refractivity contribution in [1.29, 1.82) is 0 Å². The second-order valence-electron chi connectivity index (χ2n) is 4.11. The number of hydrogen-bond donors (Lipinski definition) is 0. The highest BCUT2D eigenvalue weighted by molar-refractivity contribution is 6.30. The average molecular weight is 247 g/mol. The second-order valence-corrected chi connectivity index (χ2v) is 4.46. The molecular weight excluding hydrogens is 236 g/mol. The monoisotopic (exact) mass is 246 g/mol. The third kappa shape index (κ3) is 1.89. The van der Waals surface area contributed by atoms with Crippen molar-refractivity contribution in [2.75, 3.05) is 0 Å². The van der Waals surface area contributed by atoms with Gasteiger partial charge in [-0.2, -0.15) is 0 Å². The number of aryl methyl sites for hydroxylation is 2. The maximum absolute atomic E-state index is 6.17. The van der Waals surface area contributed by atoms with Crippen LogP contribution in [0.15, 0.2) is 12.3 Å². The summed E-state index contributed by atoms with van der Waals surface area (Å²) in [6.07, 6.45) is 4.78. The van der Waals surface area contributed by atoms with Crippen LogP contribution in [0.2, 0.25) is 5.15 Å². The standard InChI is InChI=1S/C12H11ClN4/c1-7-14-6-5-10(15-7)12-16-9-4-2-3-8(9)11(13)17-12/h5-6H,2-4H2,1H3. The van der Waals surface area contributed by atoms with E-state index in [-0.39, 0.29) is 0 Å². The predicted molar refractivity (Wildman–Crippen MR) is 64.8 cm³/mol. The Balaban J connectivity index is 2.13. The third-order valence-electron chi connectivity index (χ3n) is 2.89. The SMILES string of the molecule is Cc1nccc(-c2nc(Cl)c3c(n2)CCC3)n1. The van der Waals surface area contributed by atoms with Gasteiger partial charge in [0.1, 0.15) is 16.7 Å². The van der Waals surface area contributed by atoms with Crippen molar-refractivity contribution in [1.82, 2.24) is 19.9 Å². The third-order valence-corrected chi connectivity index (χ3v) is 3.20. The van der Waals surface area contributed by atoms with Gasteiger partial charge in [0, 0.05) is 17.5 Å². The summed E-state index contributed by atoms with van der Waals surface area (Å²) in [5.74, 6) is 1.31. The van der Waals surface area contributed by atoms with Crippen molar-refractivity contribution in [2.24, 2.45) is 0 Å². The van der Waals surface area contributed by atoms with E-state index in [1.54, 1.807) is 12.3 Å². The van der Waals surface area contributed by atoms with Crippen molar-refractivity contribution < 1.29 is 0 Å². The summed E-state index contributed by atoms with van der Waals surface area (Å²) in [5.41, 5.74) is 2.89. The van der Waals surface area contributed by atoms with E-state index in [0.717, 1.165) is 36.2 Å². The maximum Gasteiger partial charge on any atom is 0.179 e. The molecule has 0 spiro atoms. The van der Waals surface area contributed by atoms with Crippen LogP contribution in [-0.2, 0) is 12.8 Å². The average Bonchev–Trinajstić information content (AvgIpc) is 2.77. The Morgan fingerprint density at radius 1 is 1.18 bits per heavy atom. The zero-order valence-electron chi connectivity index (χ0n) is 9.44. The Hall–Kier alpha value is -1.55. The number of aromatic nitrogens is 4. The normalized spacial score (nSPS) is 13.8. The summed E-state index contributed by atoms with van der Waals surface area (Å²) >= 11 is 6.17. The van der Waals surface area contributed by atoms with E-state index in [9.17, 15) is 0 Å². The maximum atomic E-state index is 6.17. The molecule has 0 saturated carbocycles. The lowest BCUT2D eigenvalue weighted by molar-refractivity contribution is 0.899. The number of nitrogens with zero attached hydrogens (tertiary/aromatic N) is 4. The summed E-state index contributed by atoms with van der Waals surface area (Å²) in [6.45, 7) is 1.85. The molecule has 0 saturated heterocycles. The first kappa shape index (κ1) is 10.6. The summed E-state index contributed by atoms with van der Waals surface area (Å²) in [4.78, 5) is 17.2. The molecule has 0 unspecified atom stereocenters. The van der Waals surface area contributed by atoms with Gasteiger partial charge in [0.05, 0.1) is 0 Å². The molecule has 2 heterocycles. The number of fused-ring (bicyclic) bond motifs is 1. The first-order valence-corrected chi connectivity index (χ1v) is 5.97. The van der Waals surface area contributed by atoms with Crippen LogP contribution in [0.1, 0.15) is 23.5 Å². The zero-order valence-corrected chi connectivity index (χ0v) is 10.2. The van der Waals surface area contributed by atoms with Gasteiger partial charge in [-0.3, -0.25) is 0 Å². The van der Waals surface area contributed by atoms with Crippen LogP contribution >= 0.6 is 11.6 Å². The van der Waals surface area contributed by atoms with Gasteiger partial charge in [0.2, 0.25) is 0 Å². The quantitative estimate of drug-likeness (QED) is 0.725. The summed E-state index contributed by atoms with van der Waals surface area (Å²) in [6, 6.07) is 1.81. The second kappa shape index (κ2) is 4.04. The topological polar surface area (TPSA) is 51.6 Å². The lowest BCUT2D eigenvalue weighted by Crippen LogP contribution is -2.00. The molecule has 1 aliphatic carbocycles. The molecule has 5 heteroatoms. The number of halogens is 1. The molecule has 0 fully saturated rings. The van der Waals surface area contributed by atoms with E-state index >= 15 is 0 Å². The van der Waals surface area contributed by atoms with Gasteiger partial charge >= 0.3 is 0 Å². The molecule has 4 nitrogen and oxygen atoms in total. The largest absolute Gasteiger partial charge is 0.242 e. The van der Waals surface area contributed by atoms with Crippen LogP contribution in [0.3, 0.4) is 0 Å². The summed E-state index contributed by atoms with van der Waals surface area (Å²) < 4.78 is 0. The molecule has 0 amide bonds. The fourth-order valence-electron chi connectivity index (χ4n) is 2.08. The van der Waals surface area contributed by atoms with Crippen molar-refractivity contribution in [3.05, 3.63) is 34.5 Å². The minimum Gasteiger partial charge on any atom is -0.242 e. The van der Waals surface area contributed by atoms with Crippen LogP contribution < -0.4 is 0 Å². The first-order valence-electron chi connectivity index (χ1n) is 5.59. The van der Waals surface area contributed by atoms with Crippen molar-refractivity contribution in [3.8, 4) is 11.5 Å². The zero-order chi connectivity index (χ0) is 11.8. The van der Waals surface area contributed by atoms with Gasteiger partial charge in [-0.05, 0) is 32.3 Å². The highest BCUT2D eigenvalue weighted by atomic mass is 35.5. The lowest BCUT2D eigenvalue weighted by atomic mass is 10.2. The molecule has 0 bridgehead atoms. The molecule has 2 aromatic heterocycles. The van der Waals surface area contributed by atoms with E-state index in [2.05, 4.69) is 19.9 Å². The molecule has 86 valence electrons. The van der Waals surface area contributed by atoms with E-state index < -0.39 is 0 Å². The number of hydrogen-bond acceptors (Lipinski definition) is 4. The van der Waals surface area contributed by atoms with Gasteiger partial charge < -0.3 is 0 Å². The van der Waals surface area contributed by atoms with Gasteiger partial charge in [0.25, 0.3) is 0 Å². The van der Waals surface area contributed by atoms with Crippen LogP contribution in [-0.4, -0.2) is 19.9 Å². The highest BCUT2D eigenvalue weighted by Gasteiger charge is 2.19. The fourth-order valence-corrected chi connectivity index (χ4v) is 2.37. The number of rotatable bonds is 1. The van der Waals surface area contributed by atoms with Gasteiger partial charge in [-0.25, -0.2) is 19.9 Å². The van der Waals surface area contributed by atoms with E-state index in [1.165, 1.54) is 0 Å². The molecule has 0 aliphatic heterocycles. The van der Waals surface area contributed by atoms with E-state index in [1.807, 2.05) is 6.92 Å². The Labute approximate surface area is 104 Å². The molecule has 0 radical (unpaired) electrons. The first-order chi connectivity index (χ1) is 8.24. The fraction of sp³-hybridized carbons (Fsp3) is 0.333. The lowest BCUT2D eigenvalue weighted by Gasteiger charge is -2.05. The van der Waals surface area contributed by atoms with Crippen molar-refractivity contribution in [3.63, 3.8) is 0 Å². The summed E-state index contributed by atoms with van der Waals surface area (Å²) in [7, 11) is 0. The van der Waals surface area contributed by atoms with Gasteiger partial charge in [0.15, 0.2) is 5.82 Å². The molecular formula is C12H11ClN4. The van der Waals surface area contributed by atoms with Gasteiger partial charge in [-0.15, -0.1) is 0 Å². The molecule has 17 heavy (non-hydrogen) atoms. The van der Waals surface area contributed by atoms with Crippen LogP contribution in [0.5, 0.6) is 0 Å². The van der Waals surface area contributed by atoms with Crippen LogP contribution in [0, 0.1) is 6.92 Å². The summed E-state index contributed by atoms with van der Waals surface area (Å²) in [5, 5.41) is 0.568. The van der Waals surface area contributed by atoms with E-state index in [4.69, 9.17) is 11.6 Å². The van der Waals surface area contributed by atoms with Crippen molar-refractivity contribution >= 4 is 11.6 Å². The molecule has 0 aromatic carbocycles. The van der Waals surface area contributed by atoms with Crippen molar-refractivity contribution in [2.45, 2.75) is 26.2 Å². The Morgan fingerprint density at radius 2 is 2.06 bits per heavy atom. The Kier molecular flexibility index (Phi) is 2.52. The smallest absolute Gasteiger partial charge is 0.179 e. The molecule has 1 aliphatic rings. The Bertz CT molecular complexity index is 583. The predicted octanol–water partition coefficient (Wildman–Crippen LogP) is 2.38.